The lowest BCUT2D eigenvalue weighted by Gasteiger charge is -2.08. The van der Waals surface area contributed by atoms with Crippen LogP contribution in [0, 0.1) is 12.7 Å². The minimum atomic E-state index is -0.458. The predicted octanol–water partition coefficient (Wildman–Crippen LogP) is 4.64. The molecule has 1 aromatic heterocycles. The first-order valence-electron chi connectivity index (χ1n) is 7.35. The van der Waals surface area contributed by atoms with Gasteiger partial charge in [0.2, 0.25) is 0 Å². The summed E-state index contributed by atoms with van der Waals surface area (Å²) in [6.07, 6.45) is 0. The number of halogens is 1. The molecule has 24 heavy (non-hydrogen) atoms. The minimum Gasteiger partial charge on any atom is -0.497 e. The van der Waals surface area contributed by atoms with Crippen LogP contribution in [-0.4, -0.2) is 13.0 Å². The van der Waals surface area contributed by atoms with Crippen LogP contribution in [0.2, 0.25) is 0 Å². The highest BCUT2D eigenvalue weighted by Crippen LogP contribution is 2.43. The standard InChI is InChI=1S/C19H16FNO2S/c1-11-16(12-5-9-15(23-2)10-6-12)18(24-17(11)19(21)22)13-3-7-14(20)8-4-13/h3-10H,1-2H3,(H2,21,22). The fraction of sp³-hybridized carbons (Fsp3) is 0.105. The largest absolute Gasteiger partial charge is 0.497 e. The molecule has 0 bridgehead atoms. The number of ether oxygens (including phenoxy) is 1. The van der Waals surface area contributed by atoms with Gasteiger partial charge >= 0.3 is 0 Å². The quantitative estimate of drug-likeness (QED) is 0.752. The van der Waals surface area contributed by atoms with Gasteiger partial charge in [-0.25, -0.2) is 4.39 Å². The molecule has 0 aliphatic rings. The number of benzene rings is 2. The number of amides is 1. The van der Waals surface area contributed by atoms with Gasteiger partial charge in [0, 0.05) is 10.4 Å². The molecule has 0 fully saturated rings. The summed E-state index contributed by atoms with van der Waals surface area (Å²) in [4.78, 5) is 13.2. The Kier molecular flexibility index (Phi) is 4.36. The molecule has 2 aromatic carbocycles. The summed E-state index contributed by atoms with van der Waals surface area (Å²) in [6, 6.07) is 13.8. The molecule has 3 aromatic rings. The second-order valence-electron chi connectivity index (χ2n) is 5.36. The van der Waals surface area contributed by atoms with E-state index in [2.05, 4.69) is 0 Å². The van der Waals surface area contributed by atoms with Crippen LogP contribution >= 0.6 is 11.3 Å². The molecule has 1 amide bonds. The Bertz CT molecular complexity index is 883. The fourth-order valence-corrected chi connectivity index (χ4v) is 3.85. The molecular formula is C19H16FNO2S. The summed E-state index contributed by atoms with van der Waals surface area (Å²) in [5.74, 6) is -0.00105. The maximum atomic E-state index is 13.2. The summed E-state index contributed by atoms with van der Waals surface area (Å²) in [5, 5.41) is 0. The number of primary amides is 1. The number of carbonyl (C=O) groups is 1. The van der Waals surface area contributed by atoms with Gasteiger partial charge in [0.05, 0.1) is 12.0 Å². The Balaban J connectivity index is 2.22. The van der Waals surface area contributed by atoms with E-state index in [1.54, 1.807) is 19.2 Å². The van der Waals surface area contributed by atoms with Gasteiger partial charge < -0.3 is 10.5 Å². The first-order chi connectivity index (χ1) is 11.5. The van der Waals surface area contributed by atoms with Crippen molar-refractivity contribution < 1.29 is 13.9 Å². The zero-order chi connectivity index (χ0) is 17.3. The van der Waals surface area contributed by atoms with Crippen LogP contribution < -0.4 is 10.5 Å². The van der Waals surface area contributed by atoms with E-state index < -0.39 is 5.91 Å². The number of rotatable bonds is 4. The average molecular weight is 341 g/mol. The summed E-state index contributed by atoms with van der Waals surface area (Å²) in [6.45, 7) is 1.88. The van der Waals surface area contributed by atoms with Crippen molar-refractivity contribution in [2.24, 2.45) is 5.73 Å². The van der Waals surface area contributed by atoms with Crippen molar-refractivity contribution in [2.45, 2.75) is 6.92 Å². The fourth-order valence-electron chi connectivity index (χ4n) is 2.66. The van der Waals surface area contributed by atoms with E-state index in [4.69, 9.17) is 10.5 Å². The van der Waals surface area contributed by atoms with Gasteiger partial charge in [-0.1, -0.05) is 24.3 Å². The van der Waals surface area contributed by atoms with E-state index in [1.165, 1.54) is 23.5 Å². The third kappa shape index (κ3) is 2.90. The second kappa shape index (κ2) is 6.45. The monoisotopic (exact) mass is 341 g/mol. The summed E-state index contributed by atoms with van der Waals surface area (Å²) in [5.41, 5.74) is 9.08. The zero-order valence-electron chi connectivity index (χ0n) is 13.3. The van der Waals surface area contributed by atoms with E-state index in [1.807, 2.05) is 31.2 Å². The van der Waals surface area contributed by atoms with Crippen LogP contribution in [0.4, 0.5) is 4.39 Å². The van der Waals surface area contributed by atoms with Crippen LogP contribution in [-0.2, 0) is 0 Å². The van der Waals surface area contributed by atoms with Crippen molar-refractivity contribution in [3.63, 3.8) is 0 Å². The van der Waals surface area contributed by atoms with Crippen molar-refractivity contribution in [3.8, 4) is 27.3 Å². The van der Waals surface area contributed by atoms with Gasteiger partial charge in [0.25, 0.3) is 5.91 Å². The Morgan fingerprint density at radius 2 is 1.62 bits per heavy atom. The summed E-state index contributed by atoms with van der Waals surface area (Å²) >= 11 is 1.33. The number of methoxy groups -OCH3 is 1. The van der Waals surface area contributed by atoms with E-state index in [0.29, 0.717) is 4.88 Å². The molecule has 0 spiro atoms. The molecule has 3 rings (SSSR count). The van der Waals surface area contributed by atoms with Gasteiger partial charge in [0.15, 0.2) is 0 Å². The zero-order valence-corrected chi connectivity index (χ0v) is 14.1. The number of hydrogen-bond acceptors (Lipinski definition) is 3. The van der Waals surface area contributed by atoms with Crippen molar-refractivity contribution in [1.29, 1.82) is 0 Å². The van der Waals surface area contributed by atoms with Crippen LogP contribution in [0.3, 0.4) is 0 Å². The molecule has 122 valence electrons. The molecule has 1 heterocycles. The minimum absolute atomic E-state index is 0.298. The van der Waals surface area contributed by atoms with Gasteiger partial charge in [-0.2, -0.15) is 0 Å². The number of hydrogen-bond donors (Lipinski definition) is 1. The Hall–Kier alpha value is -2.66. The lowest BCUT2D eigenvalue weighted by molar-refractivity contribution is 0.100. The topological polar surface area (TPSA) is 52.3 Å². The second-order valence-corrected chi connectivity index (χ2v) is 6.38. The molecule has 0 radical (unpaired) electrons. The number of thiophene rings is 1. The first kappa shape index (κ1) is 16.2. The molecule has 0 aliphatic heterocycles. The lowest BCUT2D eigenvalue weighted by atomic mass is 9.98. The van der Waals surface area contributed by atoms with Crippen molar-refractivity contribution in [1.82, 2.24) is 0 Å². The predicted molar refractivity (Wildman–Crippen MR) is 95.0 cm³/mol. The van der Waals surface area contributed by atoms with Crippen LogP contribution in [0.5, 0.6) is 5.75 Å². The van der Waals surface area contributed by atoms with Gasteiger partial charge in [0.1, 0.15) is 11.6 Å². The van der Waals surface area contributed by atoms with Crippen molar-refractivity contribution in [3.05, 3.63) is 64.8 Å². The third-order valence-electron chi connectivity index (χ3n) is 3.86. The molecule has 0 saturated heterocycles. The molecule has 0 unspecified atom stereocenters. The molecule has 3 nitrogen and oxygen atoms in total. The average Bonchev–Trinajstić information content (AvgIpc) is 2.93. The van der Waals surface area contributed by atoms with E-state index in [9.17, 15) is 9.18 Å². The Morgan fingerprint density at radius 1 is 1.04 bits per heavy atom. The van der Waals surface area contributed by atoms with Crippen LogP contribution in [0.25, 0.3) is 21.6 Å². The summed E-state index contributed by atoms with van der Waals surface area (Å²) in [7, 11) is 1.61. The Labute approximate surface area is 143 Å². The van der Waals surface area contributed by atoms with Crippen LogP contribution in [0.15, 0.2) is 48.5 Å². The normalized spacial score (nSPS) is 10.6. The smallest absolute Gasteiger partial charge is 0.259 e. The van der Waals surface area contributed by atoms with Gasteiger partial charge in [-0.05, 0) is 47.9 Å². The summed E-state index contributed by atoms with van der Waals surface area (Å²) < 4.78 is 18.4. The Morgan fingerprint density at radius 3 is 2.17 bits per heavy atom. The SMILES string of the molecule is COc1ccc(-c2c(-c3ccc(F)cc3)sc(C(N)=O)c2C)cc1. The third-order valence-corrected chi connectivity index (χ3v) is 5.21. The maximum Gasteiger partial charge on any atom is 0.259 e. The molecule has 5 heteroatoms. The highest BCUT2D eigenvalue weighted by molar-refractivity contribution is 7.18. The molecule has 0 atom stereocenters. The number of nitrogens with two attached hydrogens (primary N) is 1. The van der Waals surface area contributed by atoms with E-state index in [0.717, 1.165) is 32.9 Å². The van der Waals surface area contributed by atoms with Crippen molar-refractivity contribution >= 4 is 17.2 Å². The molecular weight excluding hydrogens is 325 g/mol. The van der Waals surface area contributed by atoms with E-state index >= 15 is 0 Å². The first-order valence-corrected chi connectivity index (χ1v) is 8.16. The van der Waals surface area contributed by atoms with Gasteiger partial charge in [-0.15, -0.1) is 11.3 Å². The number of carbonyl (C=O) groups excluding carboxylic acids is 1. The van der Waals surface area contributed by atoms with Gasteiger partial charge in [-0.3, -0.25) is 4.79 Å². The van der Waals surface area contributed by atoms with E-state index in [-0.39, 0.29) is 5.82 Å². The molecule has 0 aliphatic carbocycles. The molecule has 0 saturated carbocycles. The van der Waals surface area contributed by atoms with Crippen molar-refractivity contribution in [2.75, 3.05) is 7.11 Å². The molecule has 2 N–H and O–H groups in total. The lowest BCUT2D eigenvalue weighted by Crippen LogP contribution is -2.10. The maximum absolute atomic E-state index is 13.2. The van der Waals surface area contributed by atoms with Crippen LogP contribution in [0.1, 0.15) is 15.2 Å². The highest BCUT2D eigenvalue weighted by Gasteiger charge is 2.20. The highest BCUT2D eigenvalue weighted by atomic mass is 32.1.